The molecule has 1 aliphatic carbocycles. The van der Waals surface area contributed by atoms with E-state index < -0.39 is 27.5 Å². The third-order valence-corrected chi connectivity index (χ3v) is 9.08. The molecule has 10 heteroatoms. The van der Waals surface area contributed by atoms with Crippen LogP contribution in [0, 0.1) is 0 Å². The Bertz CT molecular complexity index is 1260. The number of sulfonamides is 1. The maximum Gasteiger partial charge on any atom is 0.325 e. The molecule has 5 rings (SSSR count). The summed E-state index contributed by atoms with van der Waals surface area (Å²) in [7, 11) is -3.63. The lowest BCUT2D eigenvalue weighted by Crippen LogP contribution is -2.53. The van der Waals surface area contributed by atoms with Crippen molar-refractivity contribution in [2.45, 2.75) is 36.1 Å². The van der Waals surface area contributed by atoms with Gasteiger partial charge in [0.05, 0.1) is 4.90 Å². The number of hydrogen-bond acceptors (Lipinski definition) is 5. The van der Waals surface area contributed by atoms with Crippen molar-refractivity contribution >= 4 is 27.9 Å². The highest BCUT2D eigenvalue weighted by atomic mass is 32.2. The molecule has 2 heterocycles. The van der Waals surface area contributed by atoms with Gasteiger partial charge in [0.2, 0.25) is 15.9 Å². The predicted molar refractivity (Wildman–Crippen MR) is 128 cm³/mol. The predicted octanol–water partition coefficient (Wildman–Crippen LogP) is 1.69. The van der Waals surface area contributed by atoms with Crippen LogP contribution >= 0.6 is 0 Å². The summed E-state index contributed by atoms with van der Waals surface area (Å²) in [6.45, 7) is 0.339. The van der Waals surface area contributed by atoms with Crippen molar-refractivity contribution in [2.75, 3.05) is 32.7 Å². The van der Waals surface area contributed by atoms with Gasteiger partial charge < -0.3 is 10.2 Å². The van der Waals surface area contributed by atoms with Crippen LogP contribution in [-0.2, 0) is 31.6 Å². The van der Waals surface area contributed by atoms with Crippen molar-refractivity contribution in [3.63, 3.8) is 0 Å². The highest BCUT2D eigenvalue weighted by Crippen LogP contribution is 2.39. The van der Waals surface area contributed by atoms with Crippen LogP contribution in [0.15, 0.2) is 59.5 Å². The van der Waals surface area contributed by atoms with Gasteiger partial charge in [-0.3, -0.25) is 14.5 Å². The van der Waals surface area contributed by atoms with Crippen LogP contribution in [0.4, 0.5) is 4.79 Å². The van der Waals surface area contributed by atoms with E-state index in [-0.39, 0.29) is 43.5 Å². The van der Waals surface area contributed by atoms with Gasteiger partial charge in [0.15, 0.2) is 0 Å². The molecular formula is C25H28N4O5S. The van der Waals surface area contributed by atoms with Crippen molar-refractivity contribution in [1.29, 1.82) is 0 Å². The van der Waals surface area contributed by atoms with Gasteiger partial charge in [0.1, 0.15) is 12.1 Å². The smallest absolute Gasteiger partial charge is 0.325 e. The molecule has 2 aromatic carbocycles. The van der Waals surface area contributed by atoms with Crippen LogP contribution in [0.3, 0.4) is 0 Å². The Kier molecular flexibility index (Phi) is 6.10. The van der Waals surface area contributed by atoms with Crippen molar-refractivity contribution in [2.24, 2.45) is 0 Å². The Balaban J connectivity index is 1.27. The highest BCUT2D eigenvalue weighted by Gasteiger charge is 2.53. The number of amides is 4. The number of nitrogens with one attached hydrogen (secondary N) is 1. The first-order valence-corrected chi connectivity index (χ1v) is 13.3. The molecule has 184 valence electrons. The van der Waals surface area contributed by atoms with Gasteiger partial charge in [-0.25, -0.2) is 13.2 Å². The molecule has 2 aliphatic heterocycles. The summed E-state index contributed by atoms with van der Waals surface area (Å²) in [6.07, 6.45) is 3.06. The fraction of sp³-hybridized carbons (Fsp3) is 0.400. The van der Waals surface area contributed by atoms with E-state index in [0.29, 0.717) is 6.42 Å². The van der Waals surface area contributed by atoms with E-state index >= 15 is 0 Å². The van der Waals surface area contributed by atoms with Crippen LogP contribution in [-0.4, -0.2) is 73.1 Å². The van der Waals surface area contributed by atoms with E-state index in [4.69, 9.17) is 0 Å². The minimum atomic E-state index is -3.63. The number of aryl methyl sites for hydroxylation is 1. The van der Waals surface area contributed by atoms with Gasteiger partial charge >= 0.3 is 6.03 Å². The van der Waals surface area contributed by atoms with Crippen LogP contribution in [0.25, 0.3) is 0 Å². The third-order valence-electron chi connectivity index (χ3n) is 7.17. The molecule has 2 aromatic rings. The normalized spacial score (nSPS) is 23.2. The van der Waals surface area contributed by atoms with Crippen molar-refractivity contribution < 1.29 is 22.8 Å². The topological polar surface area (TPSA) is 107 Å². The summed E-state index contributed by atoms with van der Waals surface area (Å²) in [5.74, 6) is -0.764. The number of imide groups is 1. The molecule has 1 atom stereocenters. The first-order valence-electron chi connectivity index (χ1n) is 11.9. The molecule has 2 fully saturated rings. The Morgan fingerprint density at radius 1 is 0.914 bits per heavy atom. The zero-order chi connectivity index (χ0) is 24.6. The molecule has 2 saturated heterocycles. The second kappa shape index (κ2) is 9.09. The number of carbonyl (C=O) groups excluding carboxylic acids is 3. The number of benzene rings is 2. The molecule has 4 amide bonds. The number of piperazine rings is 1. The average molecular weight is 497 g/mol. The molecule has 0 aromatic heterocycles. The van der Waals surface area contributed by atoms with E-state index in [1.54, 1.807) is 30.3 Å². The Morgan fingerprint density at radius 2 is 1.60 bits per heavy atom. The molecule has 0 bridgehead atoms. The number of urea groups is 1. The summed E-state index contributed by atoms with van der Waals surface area (Å²) < 4.78 is 27.0. The Morgan fingerprint density at radius 3 is 2.34 bits per heavy atom. The highest BCUT2D eigenvalue weighted by molar-refractivity contribution is 7.89. The summed E-state index contributed by atoms with van der Waals surface area (Å²) >= 11 is 0. The van der Waals surface area contributed by atoms with Crippen molar-refractivity contribution in [3.05, 3.63) is 65.7 Å². The van der Waals surface area contributed by atoms with Crippen molar-refractivity contribution in [3.8, 4) is 0 Å². The lowest BCUT2D eigenvalue weighted by molar-refractivity contribution is -0.140. The standard InChI is InChI=1S/C25H28N4O5S/c30-22(27-14-16-28(17-15-27)35(33,34)20-10-2-1-3-11-20)18-29-23(31)25(26-24(29)32)13-7-6-9-19-8-4-5-12-21(19)25/h1-5,8,10-12H,6-7,9,13-18H2,(H,26,32)/t25-/m1/s1. The molecule has 35 heavy (non-hydrogen) atoms. The summed E-state index contributed by atoms with van der Waals surface area (Å²) in [4.78, 5) is 42.2. The van der Waals surface area contributed by atoms with Crippen LogP contribution in [0.1, 0.15) is 30.4 Å². The first-order chi connectivity index (χ1) is 16.8. The second-order valence-corrected chi connectivity index (χ2v) is 11.1. The lowest BCUT2D eigenvalue weighted by atomic mass is 9.84. The van der Waals surface area contributed by atoms with Crippen LogP contribution in [0.2, 0.25) is 0 Å². The number of fused-ring (bicyclic) bond motifs is 2. The third kappa shape index (κ3) is 4.10. The quantitative estimate of drug-likeness (QED) is 0.649. The Labute approximate surface area is 204 Å². The molecule has 1 spiro atoms. The maximum absolute atomic E-state index is 13.6. The van der Waals surface area contributed by atoms with Crippen LogP contribution < -0.4 is 5.32 Å². The van der Waals surface area contributed by atoms with Gasteiger partial charge in [-0.05, 0) is 48.9 Å². The fourth-order valence-corrected chi connectivity index (χ4v) is 6.71. The van der Waals surface area contributed by atoms with Crippen molar-refractivity contribution in [1.82, 2.24) is 19.4 Å². The molecule has 0 unspecified atom stereocenters. The minimum Gasteiger partial charge on any atom is -0.338 e. The van der Waals surface area contributed by atoms with E-state index in [0.717, 1.165) is 35.3 Å². The molecule has 0 radical (unpaired) electrons. The molecule has 9 nitrogen and oxygen atoms in total. The minimum absolute atomic E-state index is 0.153. The Hall–Kier alpha value is -3.24. The fourth-order valence-electron chi connectivity index (χ4n) is 5.27. The molecule has 0 saturated carbocycles. The lowest BCUT2D eigenvalue weighted by Gasteiger charge is -2.34. The first kappa shape index (κ1) is 23.5. The van der Waals surface area contributed by atoms with E-state index in [1.165, 1.54) is 9.21 Å². The zero-order valence-electron chi connectivity index (χ0n) is 19.4. The van der Waals surface area contributed by atoms with Crippen LogP contribution in [0.5, 0.6) is 0 Å². The van der Waals surface area contributed by atoms with E-state index in [9.17, 15) is 22.8 Å². The maximum atomic E-state index is 13.6. The van der Waals surface area contributed by atoms with Gasteiger partial charge in [-0.1, -0.05) is 42.5 Å². The average Bonchev–Trinajstić information content (AvgIpc) is 3.01. The SMILES string of the molecule is O=C(CN1C(=O)N[C@@]2(CCCCc3ccccc32)C1=O)N1CCN(S(=O)(=O)c2ccccc2)CC1. The van der Waals surface area contributed by atoms with Gasteiger partial charge in [-0.2, -0.15) is 4.31 Å². The number of nitrogens with zero attached hydrogens (tertiary/aromatic N) is 3. The molecule has 3 aliphatic rings. The molecular weight excluding hydrogens is 468 g/mol. The summed E-state index contributed by atoms with van der Waals surface area (Å²) in [6, 6.07) is 15.3. The number of rotatable bonds is 4. The summed E-state index contributed by atoms with van der Waals surface area (Å²) in [5, 5.41) is 2.90. The van der Waals surface area contributed by atoms with Gasteiger partial charge in [0.25, 0.3) is 5.91 Å². The van der Waals surface area contributed by atoms with E-state index in [1.807, 2.05) is 24.3 Å². The van der Waals surface area contributed by atoms with E-state index in [2.05, 4.69) is 5.32 Å². The van der Waals surface area contributed by atoms with Gasteiger partial charge in [0, 0.05) is 26.2 Å². The molecule has 1 N–H and O–H groups in total. The largest absolute Gasteiger partial charge is 0.338 e. The monoisotopic (exact) mass is 496 g/mol. The van der Waals surface area contributed by atoms with Gasteiger partial charge in [-0.15, -0.1) is 0 Å². The zero-order valence-corrected chi connectivity index (χ0v) is 20.2. The summed E-state index contributed by atoms with van der Waals surface area (Å²) in [5.41, 5.74) is 0.723. The number of carbonyl (C=O) groups is 3. The number of hydrogen-bond donors (Lipinski definition) is 1. The second-order valence-electron chi connectivity index (χ2n) is 9.19.